The third-order valence-electron chi connectivity index (χ3n) is 8.79. The molecular formula is C30H42N6O5S. The molecule has 0 radical (unpaired) electrons. The Morgan fingerprint density at radius 2 is 1.76 bits per heavy atom. The summed E-state index contributed by atoms with van der Waals surface area (Å²) in [6.45, 7) is 14.1. The lowest BCUT2D eigenvalue weighted by Crippen LogP contribution is -2.62. The number of benzene rings is 1. The summed E-state index contributed by atoms with van der Waals surface area (Å²) in [5.74, 6) is 2.92. The van der Waals surface area contributed by atoms with Crippen molar-refractivity contribution in [2.45, 2.75) is 71.1 Å². The van der Waals surface area contributed by atoms with Crippen LogP contribution in [0.25, 0.3) is 0 Å². The van der Waals surface area contributed by atoms with E-state index in [1.54, 1.807) is 11.2 Å². The zero-order valence-corrected chi connectivity index (χ0v) is 26.0. The number of piperidine rings is 1. The van der Waals surface area contributed by atoms with Crippen molar-refractivity contribution in [3.8, 4) is 5.75 Å². The first kappa shape index (κ1) is 29.0. The first-order valence-electron chi connectivity index (χ1n) is 15.0. The highest BCUT2D eigenvalue weighted by atomic mass is 32.2. The molecule has 0 saturated carbocycles. The number of fused-ring (bicyclic) bond motifs is 2. The summed E-state index contributed by atoms with van der Waals surface area (Å²) >= 11 is 0. The van der Waals surface area contributed by atoms with Crippen LogP contribution in [0.5, 0.6) is 5.75 Å². The fourth-order valence-corrected chi connectivity index (χ4v) is 7.65. The van der Waals surface area contributed by atoms with Crippen LogP contribution >= 0.6 is 0 Å². The lowest BCUT2D eigenvalue weighted by molar-refractivity contribution is -0.0196. The van der Waals surface area contributed by atoms with Crippen molar-refractivity contribution < 1.29 is 22.7 Å². The molecule has 5 heterocycles. The lowest BCUT2D eigenvalue weighted by Gasteiger charge is -2.47. The monoisotopic (exact) mass is 598 g/mol. The molecule has 1 aromatic carbocycles. The van der Waals surface area contributed by atoms with Gasteiger partial charge in [0.05, 0.1) is 22.8 Å². The molecule has 1 aromatic heterocycles. The Morgan fingerprint density at radius 3 is 2.43 bits per heavy atom. The second-order valence-corrected chi connectivity index (χ2v) is 15.4. The van der Waals surface area contributed by atoms with Crippen LogP contribution < -0.4 is 15.0 Å². The number of rotatable bonds is 3. The van der Waals surface area contributed by atoms with Gasteiger partial charge in [0.2, 0.25) is 0 Å². The van der Waals surface area contributed by atoms with Crippen molar-refractivity contribution in [1.29, 1.82) is 0 Å². The number of sulfone groups is 1. The third kappa shape index (κ3) is 5.88. The smallest absolute Gasteiger partial charge is 0.410 e. The van der Waals surface area contributed by atoms with E-state index in [4.69, 9.17) is 9.47 Å². The zero-order valence-electron chi connectivity index (χ0n) is 25.2. The van der Waals surface area contributed by atoms with Crippen molar-refractivity contribution in [2.24, 2.45) is 0 Å². The van der Waals surface area contributed by atoms with E-state index >= 15 is 0 Å². The average molecular weight is 599 g/mol. The summed E-state index contributed by atoms with van der Waals surface area (Å²) in [5.41, 5.74) is 3.64. The molecule has 0 aliphatic carbocycles. The van der Waals surface area contributed by atoms with Gasteiger partial charge >= 0.3 is 6.09 Å². The largest absolute Gasteiger partial charge is 0.483 e. The van der Waals surface area contributed by atoms with E-state index in [2.05, 4.69) is 39.2 Å². The Labute approximate surface area is 248 Å². The molecular weight excluding hydrogens is 556 g/mol. The molecule has 0 bridgehead atoms. The molecule has 3 fully saturated rings. The summed E-state index contributed by atoms with van der Waals surface area (Å²) in [7, 11) is -3.00. The number of likely N-dealkylation sites (tertiary alicyclic amines) is 2. The summed E-state index contributed by atoms with van der Waals surface area (Å²) in [4.78, 5) is 27.8. The maximum Gasteiger partial charge on any atom is 0.410 e. The van der Waals surface area contributed by atoms with Crippen LogP contribution in [-0.4, -0.2) is 96.7 Å². The van der Waals surface area contributed by atoms with E-state index in [1.165, 1.54) is 5.56 Å². The molecule has 4 aliphatic rings. The summed E-state index contributed by atoms with van der Waals surface area (Å²) in [6.07, 6.45) is 3.12. The van der Waals surface area contributed by atoms with Gasteiger partial charge in [-0.05, 0) is 83.7 Å². The normalized spacial score (nSPS) is 23.1. The van der Waals surface area contributed by atoms with Gasteiger partial charge in [0.25, 0.3) is 0 Å². The molecule has 1 atom stereocenters. The van der Waals surface area contributed by atoms with Gasteiger partial charge in [-0.25, -0.2) is 23.2 Å². The number of nitrogens with one attached hydrogen (secondary N) is 1. The number of hydrogen-bond donors (Lipinski definition) is 1. The Kier molecular flexibility index (Phi) is 7.49. The van der Waals surface area contributed by atoms with Crippen molar-refractivity contribution in [2.75, 3.05) is 61.0 Å². The number of carbonyl (C=O) groups is 1. The molecule has 42 heavy (non-hydrogen) atoms. The van der Waals surface area contributed by atoms with Gasteiger partial charge in [0.1, 0.15) is 35.4 Å². The van der Waals surface area contributed by atoms with E-state index in [1.807, 2.05) is 32.6 Å². The van der Waals surface area contributed by atoms with E-state index in [9.17, 15) is 13.2 Å². The molecule has 11 nitrogen and oxygen atoms in total. The van der Waals surface area contributed by atoms with Crippen LogP contribution in [0.2, 0.25) is 0 Å². The molecule has 6 rings (SSSR count). The predicted molar refractivity (Wildman–Crippen MR) is 162 cm³/mol. The number of carbonyl (C=O) groups excluding carboxylic acids is 1. The second kappa shape index (κ2) is 10.9. The fourth-order valence-electron chi connectivity index (χ4n) is 6.45. The molecule has 2 aromatic rings. The van der Waals surface area contributed by atoms with Crippen molar-refractivity contribution in [1.82, 2.24) is 19.8 Å². The number of aryl methyl sites for hydroxylation is 1. The maximum atomic E-state index is 12.3. The first-order chi connectivity index (χ1) is 19.9. The van der Waals surface area contributed by atoms with Crippen molar-refractivity contribution >= 4 is 33.3 Å². The summed E-state index contributed by atoms with van der Waals surface area (Å²) < 4.78 is 36.1. The number of hydrogen-bond acceptors (Lipinski definition) is 10. The number of amides is 1. The minimum absolute atomic E-state index is 0.124. The van der Waals surface area contributed by atoms with Crippen LogP contribution in [-0.2, 0) is 14.6 Å². The van der Waals surface area contributed by atoms with E-state index < -0.39 is 15.4 Å². The average Bonchev–Trinajstić information content (AvgIpc) is 3.03. The molecule has 1 N–H and O–H groups in total. The molecule has 228 valence electrons. The van der Waals surface area contributed by atoms with Gasteiger partial charge in [0, 0.05) is 32.2 Å². The summed E-state index contributed by atoms with van der Waals surface area (Å²) in [5, 5.41) is 3.55. The van der Waals surface area contributed by atoms with E-state index in [-0.39, 0.29) is 23.7 Å². The van der Waals surface area contributed by atoms with Gasteiger partial charge in [0.15, 0.2) is 9.84 Å². The van der Waals surface area contributed by atoms with Crippen LogP contribution in [0, 0.1) is 6.92 Å². The van der Waals surface area contributed by atoms with Gasteiger partial charge in [-0.15, -0.1) is 0 Å². The molecule has 1 unspecified atom stereocenters. The first-order valence-corrected chi connectivity index (χ1v) is 16.8. The van der Waals surface area contributed by atoms with E-state index in [0.29, 0.717) is 30.9 Å². The quantitative estimate of drug-likeness (QED) is 0.555. The molecule has 0 spiro atoms. The van der Waals surface area contributed by atoms with Crippen LogP contribution in [0.3, 0.4) is 0 Å². The zero-order chi connectivity index (χ0) is 29.8. The summed E-state index contributed by atoms with van der Waals surface area (Å²) in [6, 6.07) is 4.85. The van der Waals surface area contributed by atoms with Gasteiger partial charge < -0.3 is 24.6 Å². The van der Waals surface area contributed by atoms with Crippen LogP contribution in [0.15, 0.2) is 18.5 Å². The number of nitrogens with zero attached hydrogens (tertiary/aromatic N) is 5. The van der Waals surface area contributed by atoms with Gasteiger partial charge in [-0.2, -0.15) is 0 Å². The van der Waals surface area contributed by atoms with Crippen LogP contribution in [0.4, 0.5) is 22.1 Å². The highest BCUT2D eigenvalue weighted by molar-refractivity contribution is 7.91. The molecule has 3 saturated heterocycles. The maximum absolute atomic E-state index is 12.3. The third-order valence-corrected chi connectivity index (χ3v) is 10.4. The Balaban J connectivity index is 1.13. The van der Waals surface area contributed by atoms with Crippen molar-refractivity contribution in [3.05, 3.63) is 35.2 Å². The van der Waals surface area contributed by atoms with Gasteiger partial charge in [-0.1, -0.05) is 6.07 Å². The fraction of sp³-hybridized carbons (Fsp3) is 0.633. The molecule has 1 amide bonds. The second-order valence-electron chi connectivity index (χ2n) is 13.0. The highest BCUT2D eigenvalue weighted by Crippen LogP contribution is 2.45. The van der Waals surface area contributed by atoms with Gasteiger partial charge in [-0.3, -0.25) is 4.90 Å². The van der Waals surface area contributed by atoms with Crippen LogP contribution in [0.1, 0.15) is 69.2 Å². The number of ether oxygens (including phenoxy) is 2. The topological polar surface area (TPSA) is 117 Å². The minimum Gasteiger partial charge on any atom is -0.483 e. The Morgan fingerprint density at radius 1 is 1.07 bits per heavy atom. The van der Waals surface area contributed by atoms with Crippen molar-refractivity contribution in [3.63, 3.8) is 0 Å². The Bertz CT molecular complexity index is 1450. The van der Waals surface area contributed by atoms with E-state index in [0.717, 1.165) is 67.4 Å². The molecule has 4 aliphatic heterocycles. The molecule has 12 heteroatoms. The number of aromatic nitrogens is 2. The SMILES string of the molecule is Cc1cc(C2CCN(C3CN(C(=O)OC(C)(C)C)C3)CC2)cc2c1OC(C)c1c(ncnc1N1CCS(=O)(=O)CC1)N2. The Hall–Kier alpha value is -3.12. The standard InChI is InChI=1S/C30H42N6O5S/c1-19-14-22(21-6-8-34(9-7-21)23-16-36(17-23)29(37)41-30(3,4)5)15-24-26(19)40-20(2)25-27(33-24)31-18-32-28(25)35-10-12-42(38,39)13-11-35/h14-15,18,20-21,23H,6-13,16-17H2,1-5H3,(H,31,32,33). The highest BCUT2D eigenvalue weighted by Gasteiger charge is 2.39. The number of anilines is 3. The minimum atomic E-state index is -3.00. The lowest BCUT2D eigenvalue weighted by atomic mass is 9.87. The predicted octanol–water partition coefficient (Wildman–Crippen LogP) is 4.02.